The van der Waals surface area contributed by atoms with Crippen LogP contribution in [0.5, 0.6) is 0 Å². The van der Waals surface area contributed by atoms with E-state index in [0.717, 1.165) is 22.4 Å². The van der Waals surface area contributed by atoms with Crippen molar-refractivity contribution in [1.82, 2.24) is 4.90 Å². The largest absolute Gasteiger partial charge is 0.325 e. The van der Waals surface area contributed by atoms with Crippen LogP contribution in [0.25, 0.3) is 0 Å². The molecule has 0 spiro atoms. The van der Waals surface area contributed by atoms with Crippen molar-refractivity contribution in [3.8, 4) is 0 Å². The van der Waals surface area contributed by atoms with Gasteiger partial charge in [-0.3, -0.25) is 4.90 Å². The van der Waals surface area contributed by atoms with Crippen LogP contribution in [0, 0.1) is 13.8 Å². The minimum Gasteiger partial charge on any atom is -0.314 e. The maximum Gasteiger partial charge on any atom is 0.325 e. The Hall–Kier alpha value is -2.34. The van der Waals surface area contributed by atoms with Gasteiger partial charge in [0.05, 0.1) is 23.6 Å². The number of hydrogen-bond acceptors (Lipinski definition) is 3. The second kappa shape index (κ2) is 6.13. The topological polar surface area (TPSA) is 57.7 Å². The predicted octanol–water partition coefficient (Wildman–Crippen LogP) is 2.91. The number of hydrogen-bond donors (Lipinski definition) is 0. The van der Waals surface area contributed by atoms with Crippen LogP contribution in [0.15, 0.2) is 48.5 Å². The number of urea groups is 1. The number of rotatable bonds is 3. The fourth-order valence-electron chi connectivity index (χ4n) is 4.00. The van der Waals surface area contributed by atoms with Gasteiger partial charge in [-0.05, 0) is 36.6 Å². The van der Waals surface area contributed by atoms with Crippen LogP contribution in [-0.4, -0.2) is 42.9 Å². The Balaban J connectivity index is 1.75. The van der Waals surface area contributed by atoms with Crippen molar-refractivity contribution in [2.75, 3.05) is 16.4 Å². The Labute approximate surface area is 154 Å². The first-order valence-electron chi connectivity index (χ1n) is 8.77. The highest BCUT2D eigenvalue weighted by molar-refractivity contribution is 7.91. The van der Waals surface area contributed by atoms with Crippen molar-refractivity contribution in [3.63, 3.8) is 0 Å². The van der Waals surface area contributed by atoms with Crippen LogP contribution >= 0.6 is 0 Å². The zero-order valence-corrected chi connectivity index (χ0v) is 15.7. The molecule has 0 saturated carbocycles. The van der Waals surface area contributed by atoms with E-state index in [1.165, 1.54) is 0 Å². The van der Waals surface area contributed by atoms with Gasteiger partial charge in [-0.25, -0.2) is 13.2 Å². The van der Waals surface area contributed by atoms with E-state index < -0.39 is 9.84 Å². The summed E-state index contributed by atoms with van der Waals surface area (Å²) in [6.07, 6.45) is 0. The maximum absolute atomic E-state index is 13.3. The summed E-state index contributed by atoms with van der Waals surface area (Å²) in [6, 6.07) is 15.0. The molecule has 0 bridgehead atoms. The molecule has 0 aromatic heterocycles. The lowest BCUT2D eigenvalue weighted by Gasteiger charge is -2.24. The van der Waals surface area contributed by atoms with Crippen molar-refractivity contribution < 1.29 is 13.2 Å². The molecule has 2 aromatic carbocycles. The van der Waals surface area contributed by atoms with E-state index in [1.807, 2.05) is 62.4 Å². The fourth-order valence-corrected chi connectivity index (χ4v) is 5.95. The highest BCUT2D eigenvalue weighted by Gasteiger charge is 2.54. The van der Waals surface area contributed by atoms with Gasteiger partial charge in [0.25, 0.3) is 0 Å². The number of nitrogens with zero attached hydrogens (tertiary/aromatic N) is 2. The molecular formula is C20H22N2O3S. The standard InChI is InChI=1S/C20H22N2O3S/c1-14-8-9-15(2)17(10-14)22-19-13-26(24,25)12-18(19)21(20(22)23)11-16-6-4-3-5-7-16/h3-10,18-19H,11-13H2,1-2H3. The van der Waals surface area contributed by atoms with Gasteiger partial charge in [-0.1, -0.05) is 42.5 Å². The molecule has 0 N–H and O–H groups in total. The summed E-state index contributed by atoms with van der Waals surface area (Å²) in [6.45, 7) is 4.37. The molecule has 0 aliphatic carbocycles. The SMILES string of the molecule is Cc1ccc(C)c(N2C(=O)N(Cc3ccccc3)C3CS(=O)(=O)CC32)c1. The summed E-state index contributed by atoms with van der Waals surface area (Å²) in [4.78, 5) is 16.7. The second-order valence-electron chi connectivity index (χ2n) is 7.27. The molecule has 26 heavy (non-hydrogen) atoms. The van der Waals surface area contributed by atoms with Crippen molar-refractivity contribution in [1.29, 1.82) is 0 Å². The zero-order chi connectivity index (χ0) is 18.5. The summed E-state index contributed by atoms with van der Waals surface area (Å²) in [5, 5.41) is 0. The van der Waals surface area contributed by atoms with Crippen molar-refractivity contribution in [2.45, 2.75) is 32.5 Å². The Kier molecular flexibility index (Phi) is 4.03. The third-order valence-corrected chi connectivity index (χ3v) is 7.00. The first-order chi connectivity index (χ1) is 12.4. The first-order valence-corrected chi connectivity index (χ1v) is 10.6. The van der Waals surface area contributed by atoms with Gasteiger partial charge in [0.15, 0.2) is 9.84 Å². The molecule has 2 saturated heterocycles. The fraction of sp³-hybridized carbons (Fsp3) is 0.350. The van der Waals surface area contributed by atoms with E-state index in [4.69, 9.17) is 0 Å². The Bertz CT molecular complexity index is 956. The lowest BCUT2D eigenvalue weighted by molar-refractivity contribution is 0.206. The molecule has 2 amide bonds. The smallest absolute Gasteiger partial charge is 0.314 e. The van der Waals surface area contributed by atoms with E-state index in [0.29, 0.717) is 6.54 Å². The third-order valence-electron chi connectivity index (χ3n) is 5.30. The van der Waals surface area contributed by atoms with Gasteiger partial charge in [-0.15, -0.1) is 0 Å². The number of anilines is 1. The molecule has 2 heterocycles. The number of amides is 2. The molecule has 5 nitrogen and oxygen atoms in total. The number of sulfone groups is 1. The van der Waals surface area contributed by atoms with Gasteiger partial charge < -0.3 is 4.90 Å². The molecule has 2 unspecified atom stereocenters. The number of fused-ring (bicyclic) bond motifs is 1. The quantitative estimate of drug-likeness (QED) is 0.781. The molecule has 2 aliphatic rings. The van der Waals surface area contributed by atoms with Crippen molar-refractivity contribution in [2.24, 2.45) is 0 Å². The Morgan fingerprint density at radius 3 is 2.42 bits per heavy atom. The average molecular weight is 370 g/mol. The monoisotopic (exact) mass is 370 g/mol. The van der Waals surface area contributed by atoms with E-state index in [-0.39, 0.29) is 29.6 Å². The normalized spacial score (nSPS) is 24.2. The van der Waals surface area contributed by atoms with Crippen LogP contribution in [0.4, 0.5) is 10.5 Å². The summed E-state index contributed by atoms with van der Waals surface area (Å²) < 4.78 is 24.6. The van der Waals surface area contributed by atoms with Crippen LogP contribution in [0.3, 0.4) is 0 Å². The molecule has 136 valence electrons. The zero-order valence-electron chi connectivity index (χ0n) is 14.9. The van der Waals surface area contributed by atoms with Gasteiger partial charge in [0, 0.05) is 12.2 Å². The number of benzene rings is 2. The number of aryl methyl sites for hydroxylation is 2. The van der Waals surface area contributed by atoms with E-state index in [9.17, 15) is 13.2 Å². The Morgan fingerprint density at radius 1 is 1.00 bits per heavy atom. The third kappa shape index (κ3) is 2.88. The molecule has 6 heteroatoms. The van der Waals surface area contributed by atoms with Crippen LogP contribution in [-0.2, 0) is 16.4 Å². The molecule has 0 radical (unpaired) electrons. The highest BCUT2D eigenvalue weighted by atomic mass is 32.2. The Morgan fingerprint density at radius 2 is 1.69 bits per heavy atom. The summed E-state index contributed by atoms with van der Waals surface area (Å²) in [7, 11) is -3.15. The molecule has 2 fully saturated rings. The van der Waals surface area contributed by atoms with Gasteiger partial charge in [0.1, 0.15) is 0 Å². The van der Waals surface area contributed by atoms with Gasteiger partial charge in [0.2, 0.25) is 0 Å². The number of carbonyl (C=O) groups excluding carboxylic acids is 1. The average Bonchev–Trinajstić information content (AvgIpc) is 3.02. The number of carbonyl (C=O) groups is 1. The maximum atomic E-state index is 13.3. The van der Waals surface area contributed by atoms with Gasteiger partial charge in [-0.2, -0.15) is 0 Å². The minimum absolute atomic E-state index is 0.0298. The van der Waals surface area contributed by atoms with Crippen molar-refractivity contribution >= 4 is 21.6 Å². The lowest BCUT2D eigenvalue weighted by Crippen LogP contribution is -2.38. The van der Waals surface area contributed by atoms with E-state index in [2.05, 4.69) is 0 Å². The van der Waals surface area contributed by atoms with Crippen LogP contribution < -0.4 is 4.90 Å². The lowest BCUT2D eigenvalue weighted by atomic mass is 10.1. The van der Waals surface area contributed by atoms with Crippen LogP contribution in [0.2, 0.25) is 0 Å². The first kappa shape index (κ1) is 17.1. The highest BCUT2D eigenvalue weighted by Crippen LogP contribution is 2.37. The molecular weight excluding hydrogens is 348 g/mol. The van der Waals surface area contributed by atoms with Crippen LogP contribution in [0.1, 0.15) is 16.7 Å². The molecule has 2 atom stereocenters. The van der Waals surface area contributed by atoms with E-state index >= 15 is 0 Å². The summed E-state index contributed by atoms with van der Waals surface area (Å²) >= 11 is 0. The summed E-state index contributed by atoms with van der Waals surface area (Å²) in [5.41, 5.74) is 3.86. The van der Waals surface area contributed by atoms with Crippen molar-refractivity contribution in [3.05, 3.63) is 65.2 Å². The predicted molar refractivity (Wildman–Crippen MR) is 102 cm³/mol. The molecule has 4 rings (SSSR count). The molecule has 2 aromatic rings. The van der Waals surface area contributed by atoms with E-state index in [1.54, 1.807) is 9.80 Å². The second-order valence-corrected chi connectivity index (χ2v) is 9.42. The molecule has 2 aliphatic heterocycles. The van der Waals surface area contributed by atoms with Gasteiger partial charge >= 0.3 is 6.03 Å². The summed E-state index contributed by atoms with van der Waals surface area (Å²) in [5.74, 6) is 0.0691. The minimum atomic E-state index is -3.15.